The van der Waals surface area contributed by atoms with Crippen LogP contribution in [0, 0.1) is 6.92 Å². The molecule has 0 spiro atoms. The zero-order valence-corrected chi connectivity index (χ0v) is 12.1. The Morgan fingerprint density at radius 1 is 1.05 bits per heavy atom. The lowest BCUT2D eigenvalue weighted by Gasteiger charge is -2.01. The molecule has 21 heavy (non-hydrogen) atoms. The van der Waals surface area contributed by atoms with Gasteiger partial charge in [-0.1, -0.05) is 42.0 Å². The van der Waals surface area contributed by atoms with E-state index in [9.17, 15) is 9.59 Å². The lowest BCUT2D eigenvalue weighted by atomic mass is 10.1. The van der Waals surface area contributed by atoms with Gasteiger partial charge in [0, 0.05) is 18.2 Å². The van der Waals surface area contributed by atoms with Crippen LogP contribution in [-0.4, -0.2) is 11.7 Å². The molecule has 2 rings (SSSR count). The molecule has 1 N–H and O–H groups in total. The maximum atomic E-state index is 12.0. The van der Waals surface area contributed by atoms with Crippen LogP contribution in [0.2, 0.25) is 0 Å². The van der Waals surface area contributed by atoms with E-state index in [-0.39, 0.29) is 11.7 Å². The van der Waals surface area contributed by atoms with Crippen LogP contribution in [-0.2, 0) is 4.79 Å². The van der Waals surface area contributed by atoms with Crippen molar-refractivity contribution in [1.82, 2.24) is 0 Å². The van der Waals surface area contributed by atoms with Crippen molar-refractivity contribution in [2.75, 3.05) is 5.32 Å². The van der Waals surface area contributed by atoms with E-state index in [4.69, 9.17) is 0 Å². The van der Waals surface area contributed by atoms with E-state index in [1.807, 2.05) is 37.3 Å². The molecular weight excluding hydrogens is 262 g/mol. The zero-order chi connectivity index (χ0) is 15.2. The second-order valence-electron chi connectivity index (χ2n) is 4.87. The van der Waals surface area contributed by atoms with Gasteiger partial charge < -0.3 is 5.32 Å². The Hall–Kier alpha value is -2.68. The molecule has 0 radical (unpaired) electrons. The first-order chi connectivity index (χ1) is 10.0. The molecule has 3 heteroatoms. The van der Waals surface area contributed by atoms with Gasteiger partial charge in [-0.3, -0.25) is 9.59 Å². The minimum atomic E-state index is -0.104. The number of anilines is 1. The number of hydrogen-bond donors (Lipinski definition) is 1. The summed E-state index contributed by atoms with van der Waals surface area (Å²) in [5.74, 6) is -0.127. The molecule has 0 heterocycles. The molecule has 0 fully saturated rings. The summed E-state index contributed by atoms with van der Waals surface area (Å²) in [6, 6.07) is 14.8. The van der Waals surface area contributed by atoms with Gasteiger partial charge in [0.25, 0.3) is 0 Å². The highest BCUT2D eigenvalue weighted by atomic mass is 16.1. The quantitative estimate of drug-likeness (QED) is 0.682. The SMILES string of the molecule is CC(=O)Nc1ccc(/C=C/C(=O)c2cccc(C)c2)cc1. The number of rotatable bonds is 4. The molecule has 0 saturated carbocycles. The van der Waals surface area contributed by atoms with Crippen molar-refractivity contribution < 1.29 is 9.59 Å². The third-order valence-corrected chi connectivity index (χ3v) is 2.96. The van der Waals surface area contributed by atoms with Crippen molar-refractivity contribution in [3.05, 3.63) is 71.3 Å². The van der Waals surface area contributed by atoms with Gasteiger partial charge in [0.15, 0.2) is 5.78 Å². The normalized spacial score (nSPS) is 10.6. The first-order valence-corrected chi connectivity index (χ1v) is 6.71. The Bertz CT molecular complexity index is 685. The third-order valence-electron chi connectivity index (χ3n) is 2.96. The smallest absolute Gasteiger partial charge is 0.221 e. The summed E-state index contributed by atoms with van der Waals surface area (Å²) in [6.07, 6.45) is 3.32. The number of amides is 1. The number of carbonyl (C=O) groups excluding carboxylic acids is 2. The van der Waals surface area contributed by atoms with Crippen LogP contribution in [0.25, 0.3) is 6.08 Å². The first kappa shape index (κ1) is 14.7. The van der Waals surface area contributed by atoms with Crippen molar-refractivity contribution in [1.29, 1.82) is 0 Å². The van der Waals surface area contributed by atoms with Crippen molar-refractivity contribution in [2.45, 2.75) is 13.8 Å². The number of aryl methyl sites for hydroxylation is 1. The first-order valence-electron chi connectivity index (χ1n) is 6.71. The summed E-state index contributed by atoms with van der Waals surface area (Å²) >= 11 is 0. The highest BCUT2D eigenvalue weighted by Gasteiger charge is 2.01. The number of nitrogens with one attached hydrogen (secondary N) is 1. The second kappa shape index (κ2) is 6.66. The Morgan fingerprint density at radius 2 is 1.76 bits per heavy atom. The summed E-state index contributed by atoms with van der Waals surface area (Å²) in [5.41, 5.74) is 3.39. The van der Waals surface area contributed by atoms with E-state index < -0.39 is 0 Å². The summed E-state index contributed by atoms with van der Waals surface area (Å²) in [4.78, 5) is 23.0. The van der Waals surface area contributed by atoms with Gasteiger partial charge in [0.1, 0.15) is 0 Å². The van der Waals surface area contributed by atoms with Crippen LogP contribution in [0.4, 0.5) is 5.69 Å². The maximum Gasteiger partial charge on any atom is 0.221 e. The van der Waals surface area contributed by atoms with E-state index in [0.717, 1.165) is 16.8 Å². The van der Waals surface area contributed by atoms with Crippen LogP contribution in [0.3, 0.4) is 0 Å². The highest BCUT2D eigenvalue weighted by molar-refractivity contribution is 6.06. The van der Waals surface area contributed by atoms with Crippen LogP contribution in [0.5, 0.6) is 0 Å². The van der Waals surface area contributed by atoms with E-state index in [1.54, 1.807) is 30.4 Å². The van der Waals surface area contributed by atoms with E-state index >= 15 is 0 Å². The Labute approximate surface area is 124 Å². The van der Waals surface area contributed by atoms with E-state index in [2.05, 4.69) is 5.32 Å². The standard InChI is InChI=1S/C18H17NO2/c1-13-4-3-5-16(12-13)18(21)11-8-15-6-9-17(10-7-15)19-14(2)20/h3-12H,1-2H3,(H,19,20)/b11-8+. The van der Waals surface area contributed by atoms with Crippen LogP contribution in [0.15, 0.2) is 54.6 Å². The predicted molar refractivity (Wildman–Crippen MR) is 85.3 cm³/mol. The number of ketones is 1. The average Bonchev–Trinajstić information content (AvgIpc) is 2.45. The van der Waals surface area contributed by atoms with Gasteiger partial charge in [-0.25, -0.2) is 0 Å². The molecule has 2 aromatic rings. The van der Waals surface area contributed by atoms with Gasteiger partial charge in [0.05, 0.1) is 0 Å². The van der Waals surface area contributed by atoms with Crippen LogP contribution >= 0.6 is 0 Å². The van der Waals surface area contributed by atoms with E-state index in [0.29, 0.717) is 5.56 Å². The number of allylic oxidation sites excluding steroid dienone is 1. The molecule has 0 aliphatic carbocycles. The van der Waals surface area contributed by atoms with Crippen molar-refractivity contribution >= 4 is 23.5 Å². The molecule has 0 aliphatic heterocycles. The lowest BCUT2D eigenvalue weighted by Crippen LogP contribution is -2.05. The molecular formula is C18H17NO2. The molecule has 0 aromatic heterocycles. The lowest BCUT2D eigenvalue weighted by molar-refractivity contribution is -0.114. The summed E-state index contributed by atoms with van der Waals surface area (Å²) in [6.45, 7) is 3.43. The summed E-state index contributed by atoms with van der Waals surface area (Å²) in [5, 5.41) is 2.70. The van der Waals surface area contributed by atoms with Gasteiger partial charge in [-0.2, -0.15) is 0 Å². The fourth-order valence-corrected chi connectivity index (χ4v) is 1.95. The molecule has 0 unspecified atom stereocenters. The topological polar surface area (TPSA) is 46.2 Å². The number of benzene rings is 2. The highest BCUT2D eigenvalue weighted by Crippen LogP contribution is 2.12. The predicted octanol–water partition coefficient (Wildman–Crippen LogP) is 3.85. The van der Waals surface area contributed by atoms with Gasteiger partial charge >= 0.3 is 0 Å². The van der Waals surface area contributed by atoms with Gasteiger partial charge in [0.2, 0.25) is 5.91 Å². The van der Waals surface area contributed by atoms with E-state index in [1.165, 1.54) is 6.92 Å². The van der Waals surface area contributed by atoms with Crippen molar-refractivity contribution in [3.8, 4) is 0 Å². The minimum Gasteiger partial charge on any atom is -0.326 e. The monoisotopic (exact) mass is 279 g/mol. The largest absolute Gasteiger partial charge is 0.326 e. The van der Waals surface area contributed by atoms with Crippen molar-refractivity contribution in [3.63, 3.8) is 0 Å². The molecule has 0 atom stereocenters. The number of carbonyl (C=O) groups is 2. The summed E-state index contributed by atoms with van der Waals surface area (Å²) in [7, 11) is 0. The Kier molecular flexibility index (Phi) is 4.67. The van der Waals surface area contributed by atoms with Crippen molar-refractivity contribution in [2.24, 2.45) is 0 Å². The number of hydrogen-bond acceptors (Lipinski definition) is 2. The second-order valence-corrected chi connectivity index (χ2v) is 4.87. The minimum absolute atomic E-state index is 0.0235. The van der Waals surface area contributed by atoms with Gasteiger partial charge in [-0.05, 0) is 36.8 Å². The maximum absolute atomic E-state index is 12.0. The zero-order valence-electron chi connectivity index (χ0n) is 12.1. The molecule has 0 saturated heterocycles. The third kappa shape index (κ3) is 4.42. The molecule has 0 bridgehead atoms. The Balaban J connectivity index is 2.07. The molecule has 3 nitrogen and oxygen atoms in total. The fourth-order valence-electron chi connectivity index (χ4n) is 1.95. The fraction of sp³-hybridized carbons (Fsp3) is 0.111. The average molecular weight is 279 g/mol. The van der Waals surface area contributed by atoms with Crippen LogP contribution in [0.1, 0.15) is 28.4 Å². The summed E-state index contributed by atoms with van der Waals surface area (Å²) < 4.78 is 0. The Morgan fingerprint density at radius 3 is 2.38 bits per heavy atom. The molecule has 1 amide bonds. The van der Waals surface area contributed by atoms with Crippen LogP contribution < -0.4 is 5.32 Å². The van der Waals surface area contributed by atoms with Gasteiger partial charge in [-0.15, -0.1) is 0 Å². The molecule has 0 aliphatic rings. The molecule has 2 aromatic carbocycles. The molecule has 106 valence electrons.